The van der Waals surface area contributed by atoms with E-state index in [2.05, 4.69) is 70.1 Å². The Morgan fingerprint density at radius 3 is 1.23 bits per heavy atom. The van der Waals surface area contributed by atoms with Gasteiger partial charge in [-0.3, -0.25) is 64.2 Å². The second-order valence-electron chi connectivity index (χ2n) is 16.0. The van der Waals surface area contributed by atoms with Crippen molar-refractivity contribution >= 4 is 117 Å². The number of fused-ring (bicyclic) bond motifs is 5. The zero-order valence-corrected chi connectivity index (χ0v) is 49.1. The van der Waals surface area contributed by atoms with Crippen LogP contribution in [0.1, 0.15) is 20.7 Å². The largest absolute Gasteiger partial charge is 0.497 e. The summed E-state index contributed by atoms with van der Waals surface area (Å²) >= 11 is 25.7. The van der Waals surface area contributed by atoms with Gasteiger partial charge in [-0.25, -0.2) is 19.0 Å². The Kier molecular flexibility index (Phi) is 23.8. The van der Waals surface area contributed by atoms with Crippen LogP contribution < -0.4 is 68.3 Å². The van der Waals surface area contributed by atoms with Gasteiger partial charge in [-0.1, -0.05) is 23.2 Å². The maximum absolute atomic E-state index is 11.7. The lowest BCUT2D eigenvalue weighted by Crippen LogP contribution is -2.27. The molecule has 0 radical (unpaired) electrons. The van der Waals surface area contributed by atoms with E-state index in [1.54, 1.807) is 114 Å². The summed E-state index contributed by atoms with van der Waals surface area (Å²) in [6, 6.07) is 24.4. The van der Waals surface area contributed by atoms with E-state index in [1.165, 1.54) is 56.9 Å². The van der Waals surface area contributed by atoms with E-state index in [9.17, 15) is 42.9 Å². The summed E-state index contributed by atoms with van der Waals surface area (Å²) < 4.78 is 43.6. The number of hydrazine groups is 1. The molecule has 5 N–H and O–H groups in total. The molecule has 25 nitrogen and oxygen atoms in total. The van der Waals surface area contributed by atoms with Gasteiger partial charge in [0.25, 0.3) is 33.4 Å². The average Bonchev–Trinajstić information content (AvgIpc) is 3.78. The van der Waals surface area contributed by atoms with E-state index >= 15 is 0 Å². The molecular formula is C50H50Cl5N10O15P. The average molecular weight is 1240 g/mol. The molecule has 0 fully saturated rings. The molecule has 430 valence electrons. The summed E-state index contributed by atoms with van der Waals surface area (Å²) in [6.45, 7) is 0. The molecule has 0 unspecified atom stereocenters. The predicted molar refractivity (Wildman–Crippen MR) is 311 cm³/mol. The molecular weight excluding hydrogens is 1190 g/mol. The smallest absolute Gasteiger partial charge is 0.347 e. The molecule has 5 heterocycles. The number of methoxy groups -OCH3 is 5. The Balaban J connectivity index is 0.000000211. The van der Waals surface area contributed by atoms with E-state index in [-0.39, 0.29) is 38.9 Å². The summed E-state index contributed by atoms with van der Waals surface area (Å²) in [6.07, 6.45) is 0. The summed E-state index contributed by atoms with van der Waals surface area (Å²) in [4.78, 5) is 91.8. The minimum Gasteiger partial charge on any atom is -0.497 e. The number of hydrogen-bond donors (Lipinski definition) is 4. The van der Waals surface area contributed by atoms with Crippen LogP contribution in [0.5, 0.6) is 28.7 Å². The third-order valence-electron chi connectivity index (χ3n) is 10.8. The zero-order chi connectivity index (χ0) is 60.6. The van der Waals surface area contributed by atoms with Crippen molar-refractivity contribution in [3.8, 4) is 28.7 Å². The lowest BCUT2D eigenvalue weighted by molar-refractivity contribution is 0.0443. The number of carbonyl (C=O) groups excluding carboxylic acids is 2. The van der Waals surface area contributed by atoms with Crippen molar-refractivity contribution in [2.24, 2.45) is 34.0 Å². The van der Waals surface area contributed by atoms with Crippen LogP contribution in [-0.4, -0.2) is 93.7 Å². The highest BCUT2D eigenvalue weighted by Crippen LogP contribution is 2.61. The Morgan fingerprint density at radius 1 is 0.469 bits per heavy atom. The topological polar surface area (TPSA) is 324 Å². The van der Waals surface area contributed by atoms with Crippen LogP contribution in [0, 0.1) is 0 Å². The van der Waals surface area contributed by atoms with Gasteiger partial charge >= 0.3 is 17.1 Å². The van der Waals surface area contributed by atoms with Crippen LogP contribution in [0.15, 0.2) is 120 Å². The highest BCUT2D eigenvalue weighted by atomic mass is 36.0. The quantitative estimate of drug-likeness (QED) is 0.0466. The van der Waals surface area contributed by atoms with E-state index < -0.39 is 17.1 Å². The molecule has 9 aromatic rings. The van der Waals surface area contributed by atoms with Crippen LogP contribution in [0.3, 0.4) is 0 Å². The summed E-state index contributed by atoms with van der Waals surface area (Å²) in [5.74, 6) is 6.32. The maximum atomic E-state index is 11.7. The predicted octanol–water partition coefficient (Wildman–Crippen LogP) is 6.56. The first kappa shape index (κ1) is 65.5. The van der Waals surface area contributed by atoms with Gasteiger partial charge in [0.15, 0.2) is 10.3 Å². The van der Waals surface area contributed by atoms with Crippen molar-refractivity contribution in [3.63, 3.8) is 0 Å². The highest BCUT2D eigenvalue weighted by molar-refractivity contribution is 8.24. The Hall–Kier alpha value is -8.00. The number of benzene rings is 5. The molecule has 0 saturated carbocycles. The van der Waals surface area contributed by atoms with Crippen molar-refractivity contribution in [3.05, 3.63) is 175 Å². The number of halogens is 5. The van der Waals surface area contributed by atoms with Gasteiger partial charge in [-0.2, -0.15) is 10.2 Å². The van der Waals surface area contributed by atoms with Crippen LogP contribution >= 0.6 is 62.1 Å². The van der Waals surface area contributed by atoms with E-state index in [0.29, 0.717) is 87.7 Å². The second-order valence-corrected chi connectivity index (χ2v) is 23.3. The van der Waals surface area contributed by atoms with Crippen LogP contribution in [0.25, 0.3) is 43.1 Å². The summed E-state index contributed by atoms with van der Waals surface area (Å²) in [5.41, 5.74) is 1.40. The number of nitrogens with one attached hydrogen (secondary N) is 3. The monoisotopic (exact) mass is 1240 g/mol. The highest BCUT2D eigenvalue weighted by Gasteiger charge is 2.29. The minimum absolute atomic E-state index is 0.169. The van der Waals surface area contributed by atoms with Crippen molar-refractivity contribution in [2.75, 3.05) is 42.6 Å². The lowest BCUT2D eigenvalue weighted by atomic mass is 10.1. The molecule has 0 bridgehead atoms. The molecule has 10 rings (SSSR count). The standard InChI is InChI=1S/2C10H9ClN2O2.2C10H10N2O3.C9H6O4.CH6N2.Cl3OP/c1-13-10(14)7-4-3-6(15-2)5-8(7)9(11)12-13;1-13-10(14)8-5-6(15-2)3-4-7(8)9(11)12-13;1-12-10(14)7-4-3-6(15-2)5-8(7)9(13)11-12;1-12-10(14)8-5-6(15-2)3-4-7(8)9(13)11-12;1-12-5-2-3-6-7(4-5)9(11)13-8(6)10;1-3-2;1-5(2,3)4/h2*3-5H,1-2H3;2*3-5H,1-2H3,(H,11,13);2-4H,1H3;3H,2H2,1H3;. The van der Waals surface area contributed by atoms with Gasteiger partial charge in [0.05, 0.1) is 79.0 Å². The van der Waals surface area contributed by atoms with Crippen LogP contribution in [0.2, 0.25) is 10.3 Å². The number of aromatic amines is 2. The van der Waals surface area contributed by atoms with Gasteiger partial charge in [0, 0.05) is 39.0 Å². The molecule has 0 atom stereocenters. The van der Waals surface area contributed by atoms with Crippen molar-refractivity contribution < 1.29 is 42.6 Å². The number of nitrogens with two attached hydrogens (primary N) is 1. The van der Waals surface area contributed by atoms with Crippen molar-refractivity contribution in [1.82, 2.24) is 44.5 Å². The molecule has 31 heteroatoms. The minimum atomic E-state index is -3.22. The molecule has 0 amide bonds. The number of aromatic nitrogens is 8. The lowest BCUT2D eigenvalue weighted by Gasteiger charge is -2.04. The molecule has 5 aromatic carbocycles. The number of esters is 2. The molecule has 0 saturated heterocycles. The zero-order valence-electron chi connectivity index (χ0n) is 44.4. The van der Waals surface area contributed by atoms with Crippen molar-refractivity contribution in [1.29, 1.82) is 0 Å². The normalized spacial score (nSPS) is 11.0. The fourth-order valence-corrected chi connectivity index (χ4v) is 7.50. The number of ether oxygens (including phenoxy) is 6. The second kappa shape index (κ2) is 29.5. The first-order valence-electron chi connectivity index (χ1n) is 22.6. The summed E-state index contributed by atoms with van der Waals surface area (Å²) in [7, 11) is 15.4. The third kappa shape index (κ3) is 17.3. The molecule has 1 aliphatic heterocycles. The number of rotatable bonds is 5. The fourth-order valence-electron chi connectivity index (χ4n) is 6.95. The van der Waals surface area contributed by atoms with Crippen LogP contribution in [0.4, 0.5) is 0 Å². The SMILES string of the molecule is CNN.COc1ccc2c(=O)[nH]n(C)c(=O)c2c1.COc1ccc2c(=O)n(C)[nH]c(=O)c2c1.COc1ccc2c(=O)n(C)nc(Cl)c2c1.COc1ccc2c(Cl)nn(C)c(=O)c2c1.COc1ccc2c(c1)C(=O)OC2=O.O=P(Cl)(Cl)Cl. The third-order valence-corrected chi connectivity index (χ3v) is 11.4. The first-order valence-corrected chi connectivity index (χ1v) is 27.8. The molecule has 0 spiro atoms. The van der Waals surface area contributed by atoms with Gasteiger partial charge in [-0.05, 0) is 132 Å². The Labute approximate surface area is 481 Å². The van der Waals surface area contributed by atoms with Gasteiger partial charge in [-0.15, -0.1) is 0 Å². The Bertz CT molecular complexity index is 4210. The molecule has 0 aliphatic carbocycles. The number of carbonyl (C=O) groups is 2. The number of hydrogen-bond acceptors (Lipinski definition) is 19. The van der Waals surface area contributed by atoms with E-state index in [0.717, 1.165) is 9.36 Å². The number of aryl methyl sites for hydroxylation is 4. The van der Waals surface area contributed by atoms with E-state index in [1.807, 2.05) is 0 Å². The van der Waals surface area contributed by atoms with Crippen molar-refractivity contribution in [2.45, 2.75) is 0 Å². The van der Waals surface area contributed by atoms with Gasteiger partial charge in [0.1, 0.15) is 28.7 Å². The number of H-pyrrole nitrogens is 2. The maximum Gasteiger partial charge on any atom is 0.347 e. The number of cyclic esters (lactones) is 2. The first-order chi connectivity index (χ1) is 38.2. The van der Waals surface area contributed by atoms with E-state index in [4.69, 9.17) is 46.9 Å². The number of nitrogens with zero attached hydrogens (tertiary/aromatic N) is 6. The molecule has 4 aromatic heterocycles. The fraction of sp³-hybridized carbons (Fsp3) is 0.200. The van der Waals surface area contributed by atoms with Gasteiger partial charge < -0.3 is 28.4 Å². The molecule has 81 heavy (non-hydrogen) atoms. The van der Waals surface area contributed by atoms with Crippen LogP contribution in [-0.2, 0) is 37.5 Å². The molecule has 1 aliphatic rings. The summed E-state index contributed by atoms with van der Waals surface area (Å²) in [5, 5.41) is 13.8. The Morgan fingerprint density at radius 2 is 0.778 bits per heavy atom. The van der Waals surface area contributed by atoms with Gasteiger partial charge in [0.2, 0.25) is 0 Å².